The third-order valence-corrected chi connectivity index (χ3v) is 8.81. The third-order valence-electron chi connectivity index (χ3n) is 8.81. The van der Waals surface area contributed by atoms with E-state index < -0.39 is 72.1 Å². The second kappa shape index (κ2) is 11.1. The van der Waals surface area contributed by atoms with Crippen LogP contribution >= 0.6 is 0 Å². The molecule has 11 heteroatoms. The second-order valence-electron chi connectivity index (χ2n) is 11.1. The lowest BCUT2D eigenvalue weighted by Gasteiger charge is -2.67. The number of hydrogen-bond acceptors (Lipinski definition) is 10. The molecule has 12 atom stereocenters. The van der Waals surface area contributed by atoms with Crippen molar-refractivity contribution >= 4 is 5.91 Å². The van der Waals surface area contributed by atoms with Gasteiger partial charge in [0.2, 0.25) is 5.91 Å². The molecule has 1 amide bonds. The highest BCUT2D eigenvalue weighted by atomic mass is 16.6. The molecule has 36 heavy (non-hydrogen) atoms. The van der Waals surface area contributed by atoms with Gasteiger partial charge >= 0.3 is 0 Å². The number of amides is 1. The van der Waals surface area contributed by atoms with Gasteiger partial charge in [-0.25, -0.2) is 0 Å². The lowest BCUT2D eigenvalue weighted by molar-refractivity contribution is -0.324. The molecule has 0 bridgehead atoms. The molecule has 0 aromatic rings. The number of ether oxygens (including phenoxy) is 4. The SMILES string of the molecule is CCC(C1OC(CO)C(OC)C(O)C1N)C(C)(C)OC1C(CO)OC2C(C1O)N(C(C)=O)C2(C)CC. The third kappa shape index (κ3) is 4.71. The molecule has 0 aromatic heterocycles. The van der Waals surface area contributed by atoms with Crippen molar-refractivity contribution in [3.8, 4) is 0 Å². The normalized spacial score (nSPS) is 44.1. The van der Waals surface area contributed by atoms with Gasteiger partial charge in [-0.15, -0.1) is 0 Å². The van der Waals surface area contributed by atoms with Crippen LogP contribution in [-0.2, 0) is 23.7 Å². The Morgan fingerprint density at radius 2 is 1.69 bits per heavy atom. The summed E-state index contributed by atoms with van der Waals surface area (Å²) < 4.78 is 24.2. The summed E-state index contributed by atoms with van der Waals surface area (Å²) >= 11 is 0. The van der Waals surface area contributed by atoms with Gasteiger partial charge in [0.25, 0.3) is 0 Å². The van der Waals surface area contributed by atoms with E-state index in [1.165, 1.54) is 14.0 Å². The molecule has 11 nitrogen and oxygen atoms in total. The van der Waals surface area contributed by atoms with Crippen molar-refractivity contribution in [2.75, 3.05) is 20.3 Å². The van der Waals surface area contributed by atoms with Gasteiger partial charge in [0.05, 0.1) is 42.5 Å². The summed E-state index contributed by atoms with van der Waals surface area (Å²) in [5.74, 6) is -0.516. The number of aliphatic hydroxyl groups excluding tert-OH is 4. The van der Waals surface area contributed by atoms with Crippen molar-refractivity contribution in [3.63, 3.8) is 0 Å². The molecule has 3 aliphatic rings. The predicted molar refractivity (Wildman–Crippen MR) is 130 cm³/mol. The van der Waals surface area contributed by atoms with Crippen molar-refractivity contribution in [3.05, 3.63) is 0 Å². The molecule has 0 radical (unpaired) electrons. The maximum Gasteiger partial charge on any atom is 0.220 e. The zero-order valence-electron chi connectivity index (χ0n) is 22.5. The minimum absolute atomic E-state index is 0.159. The topological polar surface area (TPSA) is 164 Å². The lowest BCUT2D eigenvalue weighted by Crippen LogP contribution is -2.84. The van der Waals surface area contributed by atoms with E-state index in [2.05, 4.69) is 0 Å². The maximum absolute atomic E-state index is 12.5. The molecule has 3 saturated heterocycles. The van der Waals surface area contributed by atoms with E-state index in [1.807, 2.05) is 34.6 Å². The van der Waals surface area contributed by atoms with Crippen LogP contribution in [0.25, 0.3) is 0 Å². The van der Waals surface area contributed by atoms with E-state index in [4.69, 9.17) is 24.7 Å². The Balaban J connectivity index is 1.86. The highest BCUT2D eigenvalue weighted by molar-refractivity contribution is 5.76. The summed E-state index contributed by atoms with van der Waals surface area (Å²) in [5, 5.41) is 42.2. The summed E-state index contributed by atoms with van der Waals surface area (Å²) in [6.07, 6.45) is -5.30. The van der Waals surface area contributed by atoms with Crippen LogP contribution in [-0.4, -0.2) is 124 Å². The Morgan fingerprint density at radius 1 is 1.11 bits per heavy atom. The van der Waals surface area contributed by atoms with Crippen LogP contribution in [0.5, 0.6) is 0 Å². The summed E-state index contributed by atoms with van der Waals surface area (Å²) in [5.41, 5.74) is 4.86. The molecule has 12 unspecified atom stereocenters. The van der Waals surface area contributed by atoms with Crippen LogP contribution in [0.2, 0.25) is 0 Å². The molecular formula is C25H46N2O9. The quantitative estimate of drug-likeness (QED) is 0.260. The van der Waals surface area contributed by atoms with E-state index in [9.17, 15) is 25.2 Å². The molecule has 3 rings (SSSR count). The van der Waals surface area contributed by atoms with Gasteiger partial charge < -0.3 is 50.0 Å². The van der Waals surface area contributed by atoms with Crippen molar-refractivity contribution in [2.24, 2.45) is 11.7 Å². The number of fused-ring (bicyclic) bond motifs is 1. The molecule has 6 N–H and O–H groups in total. The van der Waals surface area contributed by atoms with E-state index in [-0.39, 0.29) is 25.0 Å². The zero-order valence-corrected chi connectivity index (χ0v) is 22.5. The van der Waals surface area contributed by atoms with E-state index in [0.29, 0.717) is 12.8 Å². The molecule has 3 heterocycles. The molecule has 0 aliphatic carbocycles. The maximum atomic E-state index is 12.5. The standard InChI is InChI=1S/C25H46N2O9/c1-8-13(20-16(26)18(31)21(33-7)14(10-28)34-20)24(4,5)36-22-15(11-29)35-23-17(19(22)32)27(12(3)30)25(23,6)9-2/h13-23,28-29,31-32H,8-11,26H2,1-7H3. The number of likely N-dealkylation sites (tertiary alicyclic amines) is 1. The smallest absolute Gasteiger partial charge is 0.220 e. The Bertz CT molecular complexity index is 768. The minimum Gasteiger partial charge on any atom is -0.394 e. The lowest BCUT2D eigenvalue weighted by atomic mass is 9.69. The van der Waals surface area contributed by atoms with E-state index in [0.717, 1.165) is 0 Å². The summed E-state index contributed by atoms with van der Waals surface area (Å²) in [7, 11) is 1.43. The monoisotopic (exact) mass is 518 g/mol. The number of carbonyl (C=O) groups is 1. The average molecular weight is 519 g/mol. The van der Waals surface area contributed by atoms with Crippen molar-refractivity contribution in [1.29, 1.82) is 0 Å². The van der Waals surface area contributed by atoms with Gasteiger partial charge in [-0.2, -0.15) is 0 Å². The first-order valence-corrected chi connectivity index (χ1v) is 13.0. The Labute approximate surface area is 213 Å². The van der Waals surface area contributed by atoms with Gasteiger partial charge in [0.15, 0.2) is 0 Å². The number of hydrogen-bond donors (Lipinski definition) is 5. The average Bonchev–Trinajstić information content (AvgIpc) is 2.82. The van der Waals surface area contributed by atoms with Crippen LogP contribution in [0, 0.1) is 5.92 Å². The second-order valence-corrected chi connectivity index (χ2v) is 11.1. The molecule has 0 aromatic carbocycles. The van der Waals surface area contributed by atoms with Crippen LogP contribution in [0.15, 0.2) is 0 Å². The zero-order chi connectivity index (χ0) is 27.2. The van der Waals surface area contributed by atoms with Crippen molar-refractivity contribution in [2.45, 2.75) is 126 Å². The van der Waals surface area contributed by atoms with Gasteiger partial charge in [-0.05, 0) is 33.6 Å². The van der Waals surface area contributed by atoms with E-state index >= 15 is 0 Å². The first-order valence-electron chi connectivity index (χ1n) is 13.0. The highest BCUT2D eigenvalue weighted by Crippen LogP contribution is 2.48. The Morgan fingerprint density at radius 3 is 2.17 bits per heavy atom. The Hall–Kier alpha value is -0.890. The van der Waals surface area contributed by atoms with Gasteiger partial charge in [-0.3, -0.25) is 4.79 Å². The van der Waals surface area contributed by atoms with Crippen molar-refractivity contribution in [1.82, 2.24) is 4.90 Å². The number of methoxy groups -OCH3 is 1. The molecule has 0 saturated carbocycles. The summed E-state index contributed by atoms with van der Waals surface area (Å²) in [6.45, 7) is 10.3. The predicted octanol–water partition coefficient (Wildman–Crippen LogP) is -0.841. The highest BCUT2D eigenvalue weighted by Gasteiger charge is 2.66. The molecule has 0 spiro atoms. The number of rotatable bonds is 9. The van der Waals surface area contributed by atoms with Crippen LogP contribution in [0.4, 0.5) is 0 Å². The van der Waals surface area contributed by atoms with Gasteiger partial charge in [0.1, 0.15) is 42.7 Å². The van der Waals surface area contributed by atoms with E-state index in [1.54, 1.807) is 4.90 Å². The minimum atomic E-state index is -1.09. The summed E-state index contributed by atoms with van der Waals surface area (Å²) in [4.78, 5) is 14.1. The van der Waals surface area contributed by atoms with Gasteiger partial charge in [0, 0.05) is 20.0 Å². The molecule has 210 valence electrons. The first kappa shape index (κ1) is 29.7. The fourth-order valence-corrected chi connectivity index (χ4v) is 6.73. The number of carbonyl (C=O) groups excluding carboxylic acids is 1. The molecular weight excluding hydrogens is 472 g/mol. The number of nitrogens with zero attached hydrogens (tertiary/aromatic N) is 1. The number of aliphatic hydroxyl groups is 4. The van der Waals surface area contributed by atoms with Gasteiger partial charge in [-0.1, -0.05) is 13.8 Å². The number of nitrogens with two attached hydrogens (primary N) is 1. The fraction of sp³-hybridized carbons (Fsp3) is 0.960. The van der Waals surface area contributed by atoms with Crippen LogP contribution in [0.3, 0.4) is 0 Å². The van der Waals surface area contributed by atoms with Crippen LogP contribution in [0.1, 0.15) is 54.4 Å². The van der Waals surface area contributed by atoms with Crippen molar-refractivity contribution < 1.29 is 44.2 Å². The summed E-state index contributed by atoms with van der Waals surface area (Å²) in [6, 6.07) is -1.39. The fourth-order valence-electron chi connectivity index (χ4n) is 6.73. The molecule has 3 aliphatic heterocycles. The molecule has 3 fully saturated rings. The Kier molecular flexibility index (Phi) is 9.12. The van der Waals surface area contributed by atoms with Crippen LogP contribution < -0.4 is 5.73 Å². The first-order chi connectivity index (χ1) is 16.8. The largest absolute Gasteiger partial charge is 0.394 e.